The zero-order chi connectivity index (χ0) is 10.9. The van der Waals surface area contributed by atoms with E-state index < -0.39 is 0 Å². The fraction of sp³-hybridized carbons (Fsp3) is 0.500. The van der Waals surface area contributed by atoms with E-state index in [1.807, 2.05) is 0 Å². The van der Waals surface area contributed by atoms with Crippen LogP contribution in [-0.4, -0.2) is 0 Å². The number of benzene rings is 1. The van der Waals surface area contributed by atoms with Crippen LogP contribution in [0.3, 0.4) is 0 Å². The number of aryl methyl sites for hydroxylation is 1. The predicted octanol–water partition coefficient (Wildman–Crippen LogP) is 3.44. The molecule has 1 nitrogen and oxygen atoms in total. The van der Waals surface area contributed by atoms with Crippen molar-refractivity contribution in [3.8, 4) is 6.07 Å². The Labute approximate surface area is 91.7 Å². The highest BCUT2D eigenvalue weighted by Crippen LogP contribution is 2.53. The Morgan fingerprint density at radius 3 is 2.53 bits per heavy atom. The molecule has 1 fully saturated rings. The Bertz CT molecular complexity index is 385. The van der Waals surface area contributed by atoms with Crippen molar-refractivity contribution >= 4 is 0 Å². The average molecular weight is 199 g/mol. The molecule has 0 spiro atoms. The second-order valence-corrected chi connectivity index (χ2v) is 4.75. The Hall–Kier alpha value is -1.29. The molecule has 1 saturated carbocycles. The maximum absolute atomic E-state index is 8.89. The molecule has 2 rings (SSSR count). The van der Waals surface area contributed by atoms with Crippen molar-refractivity contribution in [2.24, 2.45) is 5.92 Å². The van der Waals surface area contributed by atoms with Gasteiger partial charge < -0.3 is 0 Å². The normalized spacial score (nSPS) is 28.5. The summed E-state index contributed by atoms with van der Waals surface area (Å²) in [5, 5.41) is 8.89. The van der Waals surface area contributed by atoms with E-state index >= 15 is 0 Å². The first-order valence-corrected chi connectivity index (χ1v) is 5.69. The van der Waals surface area contributed by atoms with Crippen molar-refractivity contribution in [2.75, 3.05) is 0 Å². The van der Waals surface area contributed by atoms with E-state index in [0.717, 1.165) is 12.8 Å². The van der Waals surface area contributed by atoms with Gasteiger partial charge in [0.15, 0.2) is 0 Å². The summed E-state index contributed by atoms with van der Waals surface area (Å²) in [6.45, 7) is 4.39. The van der Waals surface area contributed by atoms with Crippen LogP contribution in [0.2, 0.25) is 0 Å². The molecule has 0 bridgehead atoms. The molecule has 1 aromatic rings. The zero-order valence-corrected chi connectivity index (χ0v) is 9.46. The SMILES string of the molecule is CCCc1ccc(C2(C)CC2C#N)cc1. The molecule has 0 amide bonds. The summed E-state index contributed by atoms with van der Waals surface area (Å²) in [7, 11) is 0. The lowest BCUT2D eigenvalue weighted by molar-refractivity contribution is 0.740. The fourth-order valence-corrected chi connectivity index (χ4v) is 2.21. The summed E-state index contributed by atoms with van der Waals surface area (Å²) in [6.07, 6.45) is 3.37. The minimum absolute atomic E-state index is 0.138. The summed E-state index contributed by atoms with van der Waals surface area (Å²) >= 11 is 0. The second-order valence-electron chi connectivity index (χ2n) is 4.75. The van der Waals surface area contributed by atoms with Gasteiger partial charge in [-0.2, -0.15) is 5.26 Å². The number of hydrogen-bond acceptors (Lipinski definition) is 1. The monoisotopic (exact) mass is 199 g/mol. The number of nitrogens with zero attached hydrogens (tertiary/aromatic N) is 1. The van der Waals surface area contributed by atoms with Crippen LogP contribution in [-0.2, 0) is 11.8 Å². The minimum Gasteiger partial charge on any atom is -0.198 e. The van der Waals surface area contributed by atoms with Gasteiger partial charge in [-0.3, -0.25) is 0 Å². The van der Waals surface area contributed by atoms with Gasteiger partial charge in [-0.1, -0.05) is 44.5 Å². The lowest BCUT2D eigenvalue weighted by atomic mass is 9.94. The molecule has 1 aliphatic carbocycles. The Kier molecular flexibility index (Phi) is 2.52. The lowest BCUT2D eigenvalue weighted by Crippen LogP contribution is -2.03. The van der Waals surface area contributed by atoms with Gasteiger partial charge in [0.2, 0.25) is 0 Å². The smallest absolute Gasteiger partial charge is 0.0665 e. The summed E-state index contributed by atoms with van der Waals surface area (Å²) < 4.78 is 0. The molecule has 15 heavy (non-hydrogen) atoms. The Balaban J connectivity index is 2.15. The van der Waals surface area contributed by atoms with Gasteiger partial charge in [0, 0.05) is 5.41 Å². The number of hydrogen-bond donors (Lipinski definition) is 0. The first-order valence-electron chi connectivity index (χ1n) is 5.69. The van der Waals surface area contributed by atoms with Gasteiger partial charge in [-0.15, -0.1) is 0 Å². The van der Waals surface area contributed by atoms with Crippen LogP contribution in [0.5, 0.6) is 0 Å². The highest BCUT2D eigenvalue weighted by Gasteiger charge is 2.51. The topological polar surface area (TPSA) is 23.8 Å². The van der Waals surface area contributed by atoms with Crippen LogP contribution >= 0.6 is 0 Å². The molecule has 0 radical (unpaired) electrons. The van der Waals surface area contributed by atoms with Crippen molar-refractivity contribution in [1.82, 2.24) is 0 Å². The van der Waals surface area contributed by atoms with Gasteiger partial charge in [0.1, 0.15) is 0 Å². The molecule has 78 valence electrons. The summed E-state index contributed by atoms with van der Waals surface area (Å²) in [5.74, 6) is 0.231. The largest absolute Gasteiger partial charge is 0.198 e. The highest BCUT2D eigenvalue weighted by molar-refractivity contribution is 5.37. The van der Waals surface area contributed by atoms with Gasteiger partial charge in [0.05, 0.1) is 12.0 Å². The van der Waals surface area contributed by atoms with E-state index in [9.17, 15) is 0 Å². The van der Waals surface area contributed by atoms with Gasteiger partial charge in [-0.25, -0.2) is 0 Å². The number of rotatable bonds is 3. The molecule has 0 heterocycles. The van der Waals surface area contributed by atoms with Crippen molar-refractivity contribution in [3.63, 3.8) is 0 Å². The van der Waals surface area contributed by atoms with E-state index in [1.54, 1.807) is 0 Å². The van der Waals surface area contributed by atoms with Crippen LogP contribution in [0.4, 0.5) is 0 Å². The molecule has 2 unspecified atom stereocenters. The minimum atomic E-state index is 0.138. The van der Waals surface area contributed by atoms with Crippen molar-refractivity contribution < 1.29 is 0 Å². The quantitative estimate of drug-likeness (QED) is 0.731. The maximum atomic E-state index is 8.89. The van der Waals surface area contributed by atoms with Crippen LogP contribution in [0.25, 0.3) is 0 Å². The molecule has 0 aromatic heterocycles. The molecule has 1 aromatic carbocycles. The van der Waals surface area contributed by atoms with Crippen molar-refractivity contribution in [3.05, 3.63) is 35.4 Å². The molecular formula is C14H17N. The second kappa shape index (κ2) is 3.70. The van der Waals surface area contributed by atoms with Gasteiger partial charge >= 0.3 is 0 Å². The van der Waals surface area contributed by atoms with Crippen LogP contribution in [0.1, 0.15) is 37.8 Å². The molecule has 0 saturated heterocycles. The van der Waals surface area contributed by atoms with Crippen LogP contribution in [0.15, 0.2) is 24.3 Å². The molecule has 0 N–H and O–H groups in total. The fourth-order valence-electron chi connectivity index (χ4n) is 2.21. The molecule has 2 atom stereocenters. The summed E-state index contributed by atoms with van der Waals surface area (Å²) in [5.41, 5.74) is 2.87. The van der Waals surface area contributed by atoms with E-state index in [-0.39, 0.29) is 11.3 Å². The standard InChI is InChI=1S/C14H17N/c1-3-4-11-5-7-12(8-6-11)14(2)9-13(14)10-15/h5-8,13H,3-4,9H2,1-2H3. The van der Waals surface area contributed by atoms with E-state index in [0.29, 0.717) is 0 Å². The average Bonchev–Trinajstić information content (AvgIpc) is 2.93. The third-order valence-electron chi connectivity index (χ3n) is 3.55. The number of nitriles is 1. The third kappa shape index (κ3) is 1.77. The van der Waals surface area contributed by atoms with Crippen LogP contribution < -0.4 is 0 Å². The third-order valence-corrected chi connectivity index (χ3v) is 3.55. The molecular weight excluding hydrogens is 182 g/mol. The first-order chi connectivity index (χ1) is 7.20. The van der Waals surface area contributed by atoms with Crippen molar-refractivity contribution in [1.29, 1.82) is 5.26 Å². The zero-order valence-electron chi connectivity index (χ0n) is 9.46. The van der Waals surface area contributed by atoms with Crippen molar-refractivity contribution in [2.45, 2.75) is 38.5 Å². The molecule has 1 aliphatic rings. The molecule has 1 heteroatoms. The first kappa shape index (κ1) is 10.2. The molecule has 0 aliphatic heterocycles. The summed E-state index contributed by atoms with van der Waals surface area (Å²) in [4.78, 5) is 0. The van der Waals surface area contributed by atoms with Gasteiger partial charge in [0.25, 0.3) is 0 Å². The predicted molar refractivity (Wildman–Crippen MR) is 61.5 cm³/mol. The summed E-state index contributed by atoms with van der Waals surface area (Å²) in [6, 6.07) is 11.2. The maximum Gasteiger partial charge on any atom is 0.0665 e. The highest BCUT2D eigenvalue weighted by atomic mass is 14.5. The van der Waals surface area contributed by atoms with E-state index in [4.69, 9.17) is 5.26 Å². The van der Waals surface area contributed by atoms with E-state index in [2.05, 4.69) is 44.2 Å². The van der Waals surface area contributed by atoms with Gasteiger partial charge in [-0.05, 0) is 24.0 Å². The van der Waals surface area contributed by atoms with E-state index in [1.165, 1.54) is 17.5 Å². The Morgan fingerprint density at radius 1 is 1.40 bits per heavy atom. The lowest BCUT2D eigenvalue weighted by Gasteiger charge is -2.10. The van der Waals surface area contributed by atoms with Crippen LogP contribution in [0, 0.1) is 17.2 Å². The Morgan fingerprint density at radius 2 is 2.07 bits per heavy atom.